The number of urea groups is 1. The molecule has 0 saturated heterocycles. The van der Waals surface area contributed by atoms with E-state index < -0.39 is 17.9 Å². The first-order valence-electron chi connectivity index (χ1n) is 11.7. The second kappa shape index (κ2) is 9.71. The Bertz CT molecular complexity index is 1500. The second-order valence-corrected chi connectivity index (χ2v) is 9.27. The lowest BCUT2D eigenvalue weighted by Gasteiger charge is -2.37. The summed E-state index contributed by atoms with van der Waals surface area (Å²) in [6, 6.07) is 18.2. The highest BCUT2D eigenvalue weighted by atomic mass is 35.5. The molecule has 188 valence electrons. The standard InChI is InChI=1S/C28H25ClFN5O2/c1-16(2)34-25-24(17-12-14-18(31-3)15-13-17)35(21-10-7-9-20(29)23(21)30)28(36)33-26(25)32-27(34)19-8-5-6-11-22(19)37-4/h5-16,24H,3H2,1-2,4H3,(H,33,36). The maximum absolute atomic E-state index is 15.4. The van der Waals surface area contributed by atoms with Gasteiger partial charge >= 0.3 is 6.03 Å². The fraction of sp³-hybridized carbons (Fsp3) is 0.179. The average Bonchev–Trinajstić information content (AvgIpc) is 3.28. The lowest BCUT2D eigenvalue weighted by atomic mass is 9.98. The van der Waals surface area contributed by atoms with Crippen LogP contribution in [0.3, 0.4) is 0 Å². The zero-order valence-electron chi connectivity index (χ0n) is 20.6. The van der Waals surface area contributed by atoms with Gasteiger partial charge in [-0.1, -0.05) is 41.9 Å². The highest BCUT2D eigenvalue weighted by Crippen LogP contribution is 2.46. The van der Waals surface area contributed by atoms with E-state index in [2.05, 4.69) is 17.0 Å². The first kappa shape index (κ1) is 24.5. The Morgan fingerprint density at radius 1 is 1.11 bits per heavy atom. The molecule has 0 saturated carbocycles. The number of rotatable bonds is 6. The minimum atomic E-state index is -0.714. The predicted molar refractivity (Wildman–Crippen MR) is 145 cm³/mol. The zero-order chi connectivity index (χ0) is 26.3. The number of para-hydroxylation sites is 1. The molecule has 4 aromatic rings. The van der Waals surface area contributed by atoms with E-state index in [1.807, 2.05) is 54.8 Å². The molecule has 1 N–H and O–H groups in total. The molecule has 37 heavy (non-hydrogen) atoms. The van der Waals surface area contributed by atoms with Crippen molar-refractivity contribution in [2.45, 2.75) is 25.9 Å². The van der Waals surface area contributed by atoms with E-state index in [1.165, 1.54) is 17.0 Å². The third kappa shape index (κ3) is 4.13. The number of fused-ring (bicyclic) bond motifs is 1. The van der Waals surface area contributed by atoms with Gasteiger partial charge in [0, 0.05) is 6.04 Å². The Morgan fingerprint density at radius 2 is 1.84 bits per heavy atom. The summed E-state index contributed by atoms with van der Waals surface area (Å²) in [5, 5.41) is 2.80. The Kier molecular flexibility index (Phi) is 6.43. The Balaban J connectivity index is 1.82. The van der Waals surface area contributed by atoms with E-state index in [-0.39, 0.29) is 16.8 Å². The highest BCUT2D eigenvalue weighted by molar-refractivity contribution is 6.31. The van der Waals surface area contributed by atoms with Crippen LogP contribution in [-0.4, -0.2) is 29.4 Å². The van der Waals surface area contributed by atoms with Crippen molar-refractivity contribution in [3.05, 3.63) is 88.8 Å². The van der Waals surface area contributed by atoms with Gasteiger partial charge in [0.15, 0.2) is 11.6 Å². The number of hydrogen-bond acceptors (Lipinski definition) is 4. The fourth-order valence-electron chi connectivity index (χ4n) is 4.74. The second-order valence-electron chi connectivity index (χ2n) is 8.86. The largest absolute Gasteiger partial charge is 0.496 e. The molecule has 0 radical (unpaired) electrons. The molecule has 3 aromatic carbocycles. The number of methoxy groups -OCH3 is 1. The molecule has 1 unspecified atom stereocenters. The summed E-state index contributed by atoms with van der Waals surface area (Å²) in [5.74, 6) is 0.987. The summed E-state index contributed by atoms with van der Waals surface area (Å²) in [7, 11) is 1.60. The van der Waals surface area contributed by atoms with Crippen LogP contribution in [0.25, 0.3) is 11.4 Å². The van der Waals surface area contributed by atoms with Crippen molar-refractivity contribution in [2.75, 3.05) is 17.3 Å². The summed E-state index contributed by atoms with van der Waals surface area (Å²) in [5.41, 5.74) is 2.96. The van der Waals surface area contributed by atoms with Gasteiger partial charge < -0.3 is 9.30 Å². The third-order valence-corrected chi connectivity index (χ3v) is 6.65. The summed E-state index contributed by atoms with van der Waals surface area (Å²) < 4.78 is 23.0. The maximum atomic E-state index is 15.4. The number of carbonyl (C=O) groups is 1. The van der Waals surface area contributed by atoms with Crippen molar-refractivity contribution in [3.63, 3.8) is 0 Å². The molecular weight excluding hydrogens is 493 g/mol. The number of carbonyl (C=O) groups excluding carboxylic acids is 1. The van der Waals surface area contributed by atoms with Crippen molar-refractivity contribution < 1.29 is 13.9 Å². The molecule has 7 nitrogen and oxygen atoms in total. The first-order valence-corrected chi connectivity index (χ1v) is 12.1. The summed E-state index contributed by atoms with van der Waals surface area (Å²) in [6.45, 7) is 7.64. The van der Waals surface area contributed by atoms with Gasteiger partial charge in [0.25, 0.3) is 0 Å². The van der Waals surface area contributed by atoms with Crippen LogP contribution in [0.2, 0.25) is 5.02 Å². The van der Waals surface area contributed by atoms with E-state index in [4.69, 9.17) is 21.3 Å². The van der Waals surface area contributed by atoms with Gasteiger partial charge in [-0.2, -0.15) is 0 Å². The van der Waals surface area contributed by atoms with Gasteiger partial charge in [-0.05, 0) is 62.5 Å². The Labute approximate surface area is 219 Å². The van der Waals surface area contributed by atoms with Crippen molar-refractivity contribution in [1.29, 1.82) is 0 Å². The van der Waals surface area contributed by atoms with Crippen molar-refractivity contribution in [2.24, 2.45) is 4.99 Å². The molecule has 1 aliphatic rings. The number of halogens is 2. The van der Waals surface area contributed by atoms with E-state index >= 15 is 4.39 Å². The van der Waals surface area contributed by atoms with Crippen LogP contribution in [0.5, 0.6) is 5.75 Å². The van der Waals surface area contributed by atoms with Crippen LogP contribution in [0.4, 0.5) is 26.4 Å². The third-order valence-electron chi connectivity index (χ3n) is 6.36. The monoisotopic (exact) mass is 517 g/mol. The number of imidazole rings is 1. The number of nitrogens with one attached hydrogen (secondary N) is 1. The van der Waals surface area contributed by atoms with Gasteiger partial charge in [0.05, 0.1) is 34.8 Å². The van der Waals surface area contributed by atoms with Crippen LogP contribution in [0.15, 0.2) is 71.7 Å². The number of nitrogens with zero attached hydrogens (tertiary/aromatic N) is 4. The molecule has 0 spiro atoms. The molecule has 1 aliphatic heterocycles. The number of ether oxygens (including phenoxy) is 1. The van der Waals surface area contributed by atoms with E-state index in [0.717, 1.165) is 11.1 Å². The number of aliphatic imine (C=N–C) groups is 1. The molecule has 0 aliphatic carbocycles. The van der Waals surface area contributed by atoms with Gasteiger partial charge in [-0.25, -0.2) is 14.2 Å². The quantitative estimate of drug-likeness (QED) is 0.271. The molecular formula is C28H25ClFN5O2. The molecule has 1 aromatic heterocycles. The van der Waals surface area contributed by atoms with Crippen molar-refractivity contribution in [1.82, 2.24) is 9.55 Å². The molecule has 1 atom stereocenters. The molecule has 2 amide bonds. The minimum absolute atomic E-state index is 0.0573. The molecule has 5 rings (SSSR count). The van der Waals surface area contributed by atoms with Gasteiger partial charge in [-0.3, -0.25) is 15.2 Å². The van der Waals surface area contributed by atoms with E-state index in [0.29, 0.717) is 28.8 Å². The van der Waals surface area contributed by atoms with Crippen molar-refractivity contribution >= 4 is 41.5 Å². The van der Waals surface area contributed by atoms with Crippen LogP contribution < -0.4 is 15.0 Å². The number of hydrogen-bond donors (Lipinski definition) is 1. The van der Waals surface area contributed by atoms with E-state index in [9.17, 15) is 4.79 Å². The highest BCUT2D eigenvalue weighted by Gasteiger charge is 2.41. The normalized spacial score (nSPS) is 14.9. The van der Waals surface area contributed by atoms with Gasteiger partial charge in [0.2, 0.25) is 0 Å². The average molecular weight is 518 g/mol. The lowest BCUT2D eigenvalue weighted by molar-refractivity contribution is 0.254. The van der Waals surface area contributed by atoms with Crippen LogP contribution in [0.1, 0.15) is 37.2 Å². The van der Waals surface area contributed by atoms with E-state index in [1.54, 1.807) is 25.3 Å². The van der Waals surface area contributed by atoms with Crippen LogP contribution >= 0.6 is 11.6 Å². The Morgan fingerprint density at radius 3 is 2.51 bits per heavy atom. The van der Waals surface area contributed by atoms with Crippen LogP contribution in [0, 0.1) is 5.82 Å². The Hall–Kier alpha value is -4.17. The van der Waals surface area contributed by atoms with Crippen LogP contribution in [-0.2, 0) is 0 Å². The number of amides is 2. The molecule has 0 fully saturated rings. The fourth-order valence-corrected chi connectivity index (χ4v) is 4.91. The van der Waals surface area contributed by atoms with Gasteiger partial charge in [-0.15, -0.1) is 0 Å². The molecule has 2 heterocycles. The number of aromatic nitrogens is 2. The summed E-state index contributed by atoms with van der Waals surface area (Å²) in [6.07, 6.45) is 0. The molecule has 0 bridgehead atoms. The van der Waals surface area contributed by atoms with Gasteiger partial charge in [0.1, 0.15) is 17.6 Å². The SMILES string of the molecule is C=Nc1ccc(C2c3c(nc(-c4ccccc4OC)n3C(C)C)NC(=O)N2c2cccc(Cl)c2F)cc1. The summed E-state index contributed by atoms with van der Waals surface area (Å²) in [4.78, 5) is 23.8. The smallest absolute Gasteiger partial charge is 0.328 e. The lowest BCUT2D eigenvalue weighted by Crippen LogP contribution is -2.44. The first-order chi connectivity index (χ1) is 17.8. The topological polar surface area (TPSA) is 71.8 Å². The minimum Gasteiger partial charge on any atom is -0.496 e. The molecule has 9 heteroatoms. The zero-order valence-corrected chi connectivity index (χ0v) is 21.3. The predicted octanol–water partition coefficient (Wildman–Crippen LogP) is 7.41. The number of benzene rings is 3. The number of anilines is 2. The summed E-state index contributed by atoms with van der Waals surface area (Å²) >= 11 is 6.13. The maximum Gasteiger partial charge on any atom is 0.328 e. The van der Waals surface area contributed by atoms with Crippen molar-refractivity contribution in [3.8, 4) is 17.1 Å².